The summed E-state index contributed by atoms with van der Waals surface area (Å²) in [4.78, 5) is 14.5. The number of hydrogen-bond donors (Lipinski definition) is 1. The molecule has 0 radical (unpaired) electrons. The zero-order valence-corrected chi connectivity index (χ0v) is 20.3. The van der Waals surface area contributed by atoms with E-state index in [1.165, 1.54) is 17.8 Å². The van der Waals surface area contributed by atoms with E-state index in [4.69, 9.17) is 33.9 Å². The summed E-state index contributed by atoms with van der Waals surface area (Å²) >= 11 is 0. The third-order valence-electron chi connectivity index (χ3n) is 5.13. The van der Waals surface area contributed by atoms with Crippen molar-refractivity contribution in [2.24, 2.45) is 9.98 Å². The Morgan fingerprint density at radius 3 is 1.83 bits per heavy atom. The molecule has 2 heterocycles. The Labute approximate surface area is 193 Å². The number of piperidine rings is 1. The quantitative estimate of drug-likeness (QED) is 0.487. The summed E-state index contributed by atoms with van der Waals surface area (Å²) in [6, 6.07) is 0.642. The predicted octanol–water partition coefficient (Wildman–Crippen LogP) is -1.27. The smallest absolute Gasteiger partial charge is 0.647 e. The summed E-state index contributed by atoms with van der Waals surface area (Å²) in [6.45, 7) is 10.7. The summed E-state index contributed by atoms with van der Waals surface area (Å²) in [5.41, 5.74) is 2.45. The van der Waals surface area contributed by atoms with Crippen LogP contribution in [0.5, 0.6) is 0 Å². The first-order chi connectivity index (χ1) is 13.6. The van der Waals surface area contributed by atoms with E-state index in [1.807, 2.05) is 0 Å². The predicted molar refractivity (Wildman–Crippen MR) is 107 cm³/mol. The molecule has 2 rings (SSSR count). The van der Waals surface area contributed by atoms with Gasteiger partial charge in [0, 0.05) is 26.2 Å². The van der Waals surface area contributed by atoms with Gasteiger partial charge in [-0.1, -0.05) is 31.3 Å². The molecule has 0 aromatic carbocycles. The van der Waals surface area contributed by atoms with Crippen LogP contribution in [0.3, 0.4) is 0 Å². The molecule has 2 aliphatic rings. The Bertz CT molecular complexity index is 494. The second-order valence-electron chi connectivity index (χ2n) is 7.91. The van der Waals surface area contributed by atoms with Gasteiger partial charge in [0.05, 0.1) is 14.9 Å². The Kier molecular flexibility index (Phi) is 15.5. The number of hydrogen-bond acceptors (Lipinski definition) is 8. The zero-order chi connectivity index (χ0) is 21.9. The van der Waals surface area contributed by atoms with Crippen LogP contribution in [0.15, 0.2) is 9.98 Å². The number of nitrogens with zero attached hydrogens (tertiary/aromatic N) is 5. The molecule has 2 bridgehead atoms. The van der Waals surface area contributed by atoms with Gasteiger partial charge in [0.25, 0.3) is 0 Å². The molecular weight excluding hydrogens is 456 g/mol. The third-order valence-corrected chi connectivity index (χ3v) is 5.13. The van der Waals surface area contributed by atoms with Gasteiger partial charge in [-0.05, 0) is 65.3 Å². The minimum absolute atomic E-state index is 0. The standard InChI is InChI=1S/C19H36N5.ClHO4.Ni/c1-16-18-8-5-9-19(22-18)17(2)21-11-7-13-24(12-6-10-20-16)15-14-23(3)4;2-1(3,4)5;/h18-19H,5-15H2,1-4H3;(H,2,3,4,5);/q-1;;+2. The van der Waals surface area contributed by atoms with Gasteiger partial charge in [0.15, 0.2) is 0 Å². The molecule has 2 atom stereocenters. The van der Waals surface area contributed by atoms with Crippen molar-refractivity contribution in [3.63, 3.8) is 0 Å². The first-order valence-corrected chi connectivity index (χ1v) is 11.5. The van der Waals surface area contributed by atoms with Crippen LogP contribution in [0.2, 0.25) is 0 Å². The average Bonchev–Trinajstić information content (AvgIpc) is 2.63. The zero-order valence-electron chi connectivity index (χ0n) is 18.5. The van der Waals surface area contributed by atoms with Crippen LogP contribution < -0.4 is 14.0 Å². The summed E-state index contributed by atoms with van der Waals surface area (Å²) in [6.07, 6.45) is 5.85. The average molecular weight is 494 g/mol. The molecule has 0 saturated carbocycles. The molecule has 0 amide bonds. The van der Waals surface area contributed by atoms with Gasteiger partial charge in [-0.3, -0.25) is 9.98 Å². The molecule has 178 valence electrons. The molecule has 2 aliphatic heterocycles. The van der Waals surface area contributed by atoms with Gasteiger partial charge in [-0.15, -0.1) is 0 Å². The van der Waals surface area contributed by atoms with Crippen molar-refractivity contribution >= 4 is 11.4 Å². The van der Waals surface area contributed by atoms with Crippen LogP contribution in [-0.2, 0) is 16.5 Å². The molecule has 9 nitrogen and oxygen atoms in total. The third kappa shape index (κ3) is 14.8. The van der Waals surface area contributed by atoms with Crippen molar-refractivity contribution in [2.45, 2.75) is 58.0 Å². The molecule has 0 spiro atoms. The maximum atomic E-state index is 8.60. The fourth-order valence-corrected chi connectivity index (χ4v) is 3.49. The maximum absolute atomic E-state index is 8.60. The van der Waals surface area contributed by atoms with Gasteiger partial charge >= 0.3 is 16.5 Å². The molecule has 11 heteroatoms. The van der Waals surface area contributed by atoms with E-state index >= 15 is 0 Å². The van der Waals surface area contributed by atoms with E-state index in [2.05, 4.69) is 37.7 Å². The van der Waals surface area contributed by atoms with Gasteiger partial charge in [-0.2, -0.15) is 14.0 Å². The van der Waals surface area contributed by atoms with E-state index < -0.39 is 10.2 Å². The molecule has 0 aliphatic carbocycles. The molecule has 1 saturated heterocycles. The van der Waals surface area contributed by atoms with Crippen LogP contribution in [0.25, 0.3) is 5.32 Å². The van der Waals surface area contributed by atoms with Gasteiger partial charge in [-0.25, -0.2) is 0 Å². The van der Waals surface area contributed by atoms with E-state index in [0.29, 0.717) is 12.1 Å². The molecule has 2 unspecified atom stereocenters. The fraction of sp³-hybridized carbons (Fsp3) is 0.895. The van der Waals surface area contributed by atoms with E-state index in [1.54, 1.807) is 0 Å². The van der Waals surface area contributed by atoms with Crippen LogP contribution in [0.4, 0.5) is 0 Å². The second-order valence-corrected chi connectivity index (χ2v) is 8.70. The number of fused-ring (bicyclic) bond motifs is 2. The Balaban J connectivity index is 0.00000125. The fourth-order valence-electron chi connectivity index (χ4n) is 3.49. The van der Waals surface area contributed by atoms with Crippen LogP contribution in [0, 0.1) is 10.2 Å². The minimum atomic E-state index is -4.69. The molecule has 0 aromatic rings. The first-order valence-electron chi connectivity index (χ1n) is 10.3. The number of rotatable bonds is 3. The maximum Gasteiger partial charge on any atom is 2.00 e. The van der Waals surface area contributed by atoms with Crippen molar-refractivity contribution in [3.8, 4) is 0 Å². The van der Waals surface area contributed by atoms with Gasteiger partial charge in [0.2, 0.25) is 0 Å². The van der Waals surface area contributed by atoms with Gasteiger partial charge < -0.3 is 15.1 Å². The molecule has 1 N–H and O–H groups in total. The van der Waals surface area contributed by atoms with Crippen LogP contribution >= 0.6 is 0 Å². The SMILES string of the molecule is CC1=NCCCN(CCN(C)C)CCCN=C(C)C2CCCC1[N-]2.[Ni+2].[O-][Cl+3]([O-])([O-])O. The molecule has 1 fully saturated rings. The van der Waals surface area contributed by atoms with Crippen LogP contribution in [-0.4, -0.2) is 91.3 Å². The topological polar surface area (TPSA) is 135 Å². The van der Waals surface area contributed by atoms with Crippen molar-refractivity contribution in [1.82, 2.24) is 9.80 Å². The normalized spacial score (nSPS) is 24.6. The summed E-state index contributed by atoms with van der Waals surface area (Å²) in [7, 11) is -0.401. The second kappa shape index (κ2) is 15.6. The van der Waals surface area contributed by atoms with Crippen molar-refractivity contribution in [3.05, 3.63) is 5.32 Å². The van der Waals surface area contributed by atoms with Gasteiger partial charge in [0.1, 0.15) is 0 Å². The van der Waals surface area contributed by atoms with E-state index in [9.17, 15) is 0 Å². The Hall–Kier alpha value is -0.156. The van der Waals surface area contributed by atoms with E-state index in [0.717, 1.165) is 65.0 Å². The van der Waals surface area contributed by atoms with Crippen LogP contribution in [0.1, 0.15) is 46.0 Å². The van der Waals surface area contributed by atoms with Crippen molar-refractivity contribution < 1.29 is 45.4 Å². The van der Waals surface area contributed by atoms with Crippen molar-refractivity contribution in [1.29, 1.82) is 0 Å². The monoisotopic (exact) mass is 492 g/mol. The molecular formula is C19H37ClN5NiO4+. The Morgan fingerprint density at radius 2 is 1.43 bits per heavy atom. The van der Waals surface area contributed by atoms with Crippen molar-refractivity contribution in [2.75, 3.05) is 53.4 Å². The first kappa shape index (κ1) is 29.8. The summed E-state index contributed by atoms with van der Waals surface area (Å²) in [5.74, 6) is 0. The molecule has 0 aromatic heterocycles. The summed E-state index contributed by atoms with van der Waals surface area (Å²) in [5, 5.41) is 5.02. The Morgan fingerprint density at radius 1 is 1.00 bits per heavy atom. The summed E-state index contributed by atoms with van der Waals surface area (Å²) < 4.78 is 32.7. The number of aliphatic imine (C=N–C) groups is 2. The minimum Gasteiger partial charge on any atom is -0.647 e. The van der Waals surface area contributed by atoms with E-state index in [-0.39, 0.29) is 16.5 Å². The number of halogens is 1. The largest absolute Gasteiger partial charge is 2.00 e. The molecule has 30 heavy (non-hydrogen) atoms. The number of likely N-dealkylation sites (N-methyl/N-ethyl adjacent to an activating group) is 1.